The van der Waals surface area contributed by atoms with E-state index >= 15 is 0 Å². The summed E-state index contributed by atoms with van der Waals surface area (Å²) in [6.07, 6.45) is 3.75. The molecule has 0 bridgehead atoms. The summed E-state index contributed by atoms with van der Waals surface area (Å²) in [4.78, 5) is 4.26. The molecule has 3 heteroatoms. The zero-order valence-electron chi connectivity index (χ0n) is 7.73. The number of aryl methyl sites for hydroxylation is 2. The van der Waals surface area contributed by atoms with Gasteiger partial charge in [0.15, 0.2) is 5.82 Å². The lowest BCUT2D eigenvalue weighted by Crippen LogP contribution is -1.97. The van der Waals surface area contributed by atoms with Crippen LogP contribution in [-0.4, -0.2) is 14.8 Å². The minimum Gasteiger partial charge on any atom is -0.237 e. The van der Waals surface area contributed by atoms with Crippen LogP contribution >= 0.6 is 0 Å². The molecule has 2 heterocycles. The smallest absolute Gasteiger partial charge is 0.153 e. The third-order valence-corrected chi connectivity index (χ3v) is 1.85. The highest BCUT2D eigenvalue weighted by Crippen LogP contribution is 2.04. The fraction of sp³-hybridized carbons (Fsp3) is 0.200. The maximum absolute atomic E-state index is 4.26. The predicted octanol–water partition coefficient (Wildman–Crippen LogP) is 1.88. The van der Waals surface area contributed by atoms with Gasteiger partial charge in [0.2, 0.25) is 0 Å². The number of nitrogens with zero attached hydrogens (tertiary/aromatic N) is 3. The summed E-state index contributed by atoms with van der Waals surface area (Å²) < 4.78 is 1.77. The molecule has 0 radical (unpaired) electrons. The van der Waals surface area contributed by atoms with Crippen molar-refractivity contribution in [3.05, 3.63) is 41.9 Å². The van der Waals surface area contributed by atoms with Crippen molar-refractivity contribution in [2.24, 2.45) is 0 Å². The van der Waals surface area contributed by atoms with Gasteiger partial charge >= 0.3 is 0 Å². The molecule has 66 valence electrons. The van der Waals surface area contributed by atoms with Gasteiger partial charge in [0.05, 0.1) is 5.69 Å². The van der Waals surface area contributed by atoms with Crippen LogP contribution < -0.4 is 0 Å². The van der Waals surface area contributed by atoms with E-state index in [-0.39, 0.29) is 0 Å². The standard InChI is InChI=1S/C10H11N3/c1-8-3-4-10(11-7-8)13-6-5-9(2)12-13/h3-7H,1-2H3. The fourth-order valence-electron chi connectivity index (χ4n) is 1.14. The molecule has 2 rings (SSSR count). The van der Waals surface area contributed by atoms with Gasteiger partial charge < -0.3 is 0 Å². The van der Waals surface area contributed by atoms with Gasteiger partial charge in [0.25, 0.3) is 0 Å². The summed E-state index contributed by atoms with van der Waals surface area (Å²) in [7, 11) is 0. The zero-order valence-corrected chi connectivity index (χ0v) is 7.73. The lowest BCUT2D eigenvalue weighted by Gasteiger charge is -1.99. The first kappa shape index (κ1) is 7.98. The second-order valence-electron chi connectivity index (χ2n) is 3.10. The van der Waals surface area contributed by atoms with Gasteiger partial charge in [-0.25, -0.2) is 9.67 Å². The molecular formula is C10H11N3. The van der Waals surface area contributed by atoms with Crippen LogP contribution in [0, 0.1) is 13.8 Å². The van der Waals surface area contributed by atoms with Crippen LogP contribution in [0.4, 0.5) is 0 Å². The van der Waals surface area contributed by atoms with E-state index in [1.807, 2.05) is 44.4 Å². The second kappa shape index (κ2) is 3.01. The first-order valence-electron chi connectivity index (χ1n) is 4.21. The van der Waals surface area contributed by atoms with E-state index in [0.29, 0.717) is 0 Å². The molecule has 2 aromatic rings. The van der Waals surface area contributed by atoms with E-state index < -0.39 is 0 Å². The second-order valence-corrected chi connectivity index (χ2v) is 3.10. The molecule has 0 aliphatic heterocycles. The Bertz CT molecular complexity index is 400. The van der Waals surface area contributed by atoms with E-state index in [4.69, 9.17) is 0 Å². The van der Waals surface area contributed by atoms with Crippen molar-refractivity contribution in [3.8, 4) is 5.82 Å². The maximum Gasteiger partial charge on any atom is 0.153 e. The van der Waals surface area contributed by atoms with Gasteiger partial charge in [0, 0.05) is 12.4 Å². The Labute approximate surface area is 77.0 Å². The van der Waals surface area contributed by atoms with Crippen LogP contribution in [0.5, 0.6) is 0 Å². The minimum atomic E-state index is 0.860. The molecule has 0 aliphatic rings. The number of hydrogen-bond donors (Lipinski definition) is 0. The average molecular weight is 173 g/mol. The molecule has 0 N–H and O–H groups in total. The molecule has 0 saturated carbocycles. The van der Waals surface area contributed by atoms with Gasteiger partial charge in [-0.1, -0.05) is 6.07 Å². The van der Waals surface area contributed by atoms with Crippen molar-refractivity contribution in [2.45, 2.75) is 13.8 Å². The van der Waals surface area contributed by atoms with Gasteiger partial charge in [0.1, 0.15) is 0 Å². The van der Waals surface area contributed by atoms with Crippen molar-refractivity contribution < 1.29 is 0 Å². The zero-order chi connectivity index (χ0) is 9.26. The molecule has 0 aromatic carbocycles. The van der Waals surface area contributed by atoms with E-state index in [1.165, 1.54) is 0 Å². The first-order chi connectivity index (χ1) is 6.25. The highest BCUT2D eigenvalue weighted by molar-refractivity contribution is 5.24. The van der Waals surface area contributed by atoms with Crippen LogP contribution in [0.3, 0.4) is 0 Å². The summed E-state index contributed by atoms with van der Waals surface area (Å²) in [5.41, 5.74) is 2.16. The average Bonchev–Trinajstić information content (AvgIpc) is 2.53. The lowest BCUT2D eigenvalue weighted by atomic mass is 10.3. The number of rotatable bonds is 1. The summed E-state index contributed by atoms with van der Waals surface area (Å²) >= 11 is 0. The quantitative estimate of drug-likeness (QED) is 0.659. The van der Waals surface area contributed by atoms with Crippen LogP contribution in [0.15, 0.2) is 30.6 Å². The molecule has 0 amide bonds. The highest BCUT2D eigenvalue weighted by Gasteiger charge is 1.97. The topological polar surface area (TPSA) is 30.7 Å². The van der Waals surface area contributed by atoms with E-state index in [2.05, 4.69) is 10.1 Å². The van der Waals surface area contributed by atoms with Gasteiger partial charge in [-0.2, -0.15) is 5.10 Å². The Kier molecular flexibility index (Phi) is 1.85. The number of pyridine rings is 1. The van der Waals surface area contributed by atoms with Crippen molar-refractivity contribution >= 4 is 0 Å². The van der Waals surface area contributed by atoms with Crippen LogP contribution in [-0.2, 0) is 0 Å². The number of aromatic nitrogens is 3. The number of hydrogen-bond acceptors (Lipinski definition) is 2. The Morgan fingerprint density at radius 3 is 2.54 bits per heavy atom. The van der Waals surface area contributed by atoms with E-state index in [0.717, 1.165) is 17.1 Å². The molecule has 13 heavy (non-hydrogen) atoms. The normalized spacial score (nSPS) is 10.3. The van der Waals surface area contributed by atoms with Gasteiger partial charge in [-0.05, 0) is 31.5 Å². The summed E-state index contributed by atoms with van der Waals surface area (Å²) in [6, 6.07) is 5.95. The molecule has 3 nitrogen and oxygen atoms in total. The highest BCUT2D eigenvalue weighted by atomic mass is 15.3. The summed E-state index contributed by atoms with van der Waals surface area (Å²) in [5.74, 6) is 0.860. The summed E-state index contributed by atoms with van der Waals surface area (Å²) in [6.45, 7) is 3.98. The largest absolute Gasteiger partial charge is 0.237 e. The van der Waals surface area contributed by atoms with Crippen LogP contribution in [0.2, 0.25) is 0 Å². The fourth-order valence-corrected chi connectivity index (χ4v) is 1.14. The van der Waals surface area contributed by atoms with Gasteiger partial charge in [-0.3, -0.25) is 0 Å². The molecule has 0 spiro atoms. The van der Waals surface area contributed by atoms with Crippen molar-refractivity contribution in [2.75, 3.05) is 0 Å². The predicted molar refractivity (Wildman–Crippen MR) is 50.8 cm³/mol. The van der Waals surface area contributed by atoms with Crippen molar-refractivity contribution in [3.63, 3.8) is 0 Å². The van der Waals surface area contributed by atoms with Crippen molar-refractivity contribution in [1.29, 1.82) is 0 Å². The van der Waals surface area contributed by atoms with Crippen LogP contribution in [0.1, 0.15) is 11.3 Å². The van der Waals surface area contributed by atoms with Crippen molar-refractivity contribution in [1.82, 2.24) is 14.8 Å². The third-order valence-electron chi connectivity index (χ3n) is 1.85. The molecule has 0 atom stereocenters. The summed E-state index contributed by atoms with van der Waals surface area (Å²) in [5, 5.41) is 4.26. The maximum atomic E-state index is 4.26. The Morgan fingerprint density at radius 1 is 1.15 bits per heavy atom. The molecule has 0 unspecified atom stereocenters. The Morgan fingerprint density at radius 2 is 2.00 bits per heavy atom. The first-order valence-corrected chi connectivity index (χ1v) is 4.21. The molecule has 0 saturated heterocycles. The minimum absolute atomic E-state index is 0.860. The molecule has 0 aliphatic carbocycles. The van der Waals surface area contributed by atoms with Gasteiger partial charge in [-0.15, -0.1) is 0 Å². The SMILES string of the molecule is Cc1ccc(-n2ccc(C)n2)nc1. The Balaban J connectivity index is 2.41. The lowest BCUT2D eigenvalue weighted by molar-refractivity contribution is 0.831. The van der Waals surface area contributed by atoms with E-state index in [1.54, 1.807) is 4.68 Å². The molecule has 0 fully saturated rings. The van der Waals surface area contributed by atoms with Crippen LogP contribution in [0.25, 0.3) is 5.82 Å². The third kappa shape index (κ3) is 1.59. The Hall–Kier alpha value is -1.64. The molecule has 2 aromatic heterocycles. The van der Waals surface area contributed by atoms with E-state index in [9.17, 15) is 0 Å². The monoisotopic (exact) mass is 173 g/mol. The molecular weight excluding hydrogens is 162 g/mol.